The molecule has 0 amide bonds. The standard InChI is InChI=1S/C11H13FN4O2/c12-7-3-6(4-17)18-11(7)16-5-15-9-8(16)1-2-14-10(9)13/h1-2,5-7,11,17H,3-4H2,(H2,13,14)/t6-,7-,11+/m0/s1. The molecule has 2 aromatic rings. The highest BCUT2D eigenvalue weighted by Gasteiger charge is 2.36. The van der Waals surface area contributed by atoms with Crippen molar-refractivity contribution in [3.63, 3.8) is 0 Å². The van der Waals surface area contributed by atoms with Crippen LogP contribution >= 0.6 is 0 Å². The fourth-order valence-electron chi connectivity index (χ4n) is 2.25. The van der Waals surface area contributed by atoms with Crippen LogP contribution in [0.2, 0.25) is 0 Å². The summed E-state index contributed by atoms with van der Waals surface area (Å²) in [6, 6.07) is 1.71. The van der Waals surface area contributed by atoms with Crippen molar-refractivity contribution in [1.29, 1.82) is 0 Å². The molecule has 3 atom stereocenters. The highest BCUT2D eigenvalue weighted by Crippen LogP contribution is 2.33. The predicted octanol–water partition coefficient (Wildman–Crippen LogP) is 0.631. The molecule has 3 N–H and O–H groups in total. The average molecular weight is 252 g/mol. The first-order valence-electron chi connectivity index (χ1n) is 5.68. The third-order valence-corrected chi connectivity index (χ3v) is 3.13. The summed E-state index contributed by atoms with van der Waals surface area (Å²) in [4.78, 5) is 8.04. The Morgan fingerprint density at radius 1 is 1.56 bits per heavy atom. The van der Waals surface area contributed by atoms with E-state index in [1.165, 1.54) is 6.33 Å². The maximum atomic E-state index is 13.9. The third kappa shape index (κ3) is 1.63. The van der Waals surface area contributed by atoms with Gasteiger partial charge in [-0.1, -0.05) is 0 Å². The summed E-state index contributed by atoms with van der Waals surface area (Å²) in [6.07, 6.45) is 0.799. The van der Waals surface area contributed by atoms with E-state index in [-0.39, 0.29) is 13.0 Å². The molecular formula is C11H13FN4O2. The summed E-state index contributed by atoms with van der Waals surface area (Å²) in [7, 11) is 0. The highest BCUT2D eigenvalue weighted by atomic mass is 19.1. The summed E-state index contributed by atoms with van der Waals surface area (Å²) in [5.74, 6) is 0.304. The molecule has 1 aliphatic heterocycles. The van der Waals surface area contributed by atoms with Crippen LogP contribution in [-0.2, 0) is 4.74 Å². The largest absolute Gasteiger partial charge is 0.394 e. The minimum absolute atomic E-state index is 0.182. The Kier molecular flexibility index (Phi) is 2.64. The van der Waals surface area contributed by atoms with Gasteiger partial charge in [-0.2, -0.15) is 0 Å². The van der Waals surface area contributed by atoms with Gasteiger partial charge in [0.05, 0.1) is 24.6 Å². The Balaban J connectivity index is 2.02. The number of alkyl halides is 1. The van der Waals surface area contributed by atoms with Gasteiger partial charge in [0.1, 0.15) is 11.7 Å². The summed E-state index contributed by atoms with van der Waals surface area (Å²) in [5.41, 5.74) is 6.90. The van der Waals surface area contributed by atoms with Gasteiger partial charge >= 0.3 is 0 Å². The van der Waals surface area contributed by atoms with Crippen molar-refractivity contribution in [2.75, 3.05) is 12.3 Å². The number of hydrogen-bond donors (Lipinski definition) is 2. The van der Waals surface area contributed by atoms with Gasteiger partial charge in [-0.3, -0.25) is 0 Å². The summed E-state index contributed by atoms with van der Waals surface area (Å²) in [5, 5.41) is 9.01. The maximum Gasteiger partial charge on any atom is 0.167 e. The van der Waals surface area contributed by atoms with Crippen LogP contribution < -0.4 is 5.73 Å². The molecule has 0 aliphatic carbocycles. The first-order valence-corrected chi connectivity index (χ1v) is 5.68. The predicted molar refractivity (Wildman–Crippen MR) is 62.4 cm³/mol. The van der Waals surface area contributed by atoms with Gasteiger partial charge in [0.25, 0.3) is 0 Å². The molecular weight excluding hydrogens is 239 g/mol. The van der Waals surface area contributed by atoms with Crippen molar-refractivity contribution in [2.24, 2.45) is 0 Å². The van der Waals surface area contributed by atoms with E-state index >= 15 is 0 Å². The van der Waals surface area contributed by atoms with E-state index in [1.807, 2.05) is 0 Å². The van der Waals surface area contributed by atoms with Gasteiger partial charge < -0.3 is 20.1 Å². The number of aliphatic hydroxyl groups excluding tert-OH is 1. The number of aliphatic hydroxyl groups is 1. The minimum atomic E-state index is -1.17. The molecule has 0 spiro atoms. The number of nitrogens with zero attached hydrogens (tertiary/aromatic N) is 3. The number of nitrogens with two attached hydrogens (primary N) is 1. The van der Waals surface area contributed by atoms with E-state index in [0.717, 1.165) is 0 Å². The Morgan fingerprint density at radius 3 is 3.11 bits per heavy atom. The van der Waals surface area contributed by atoms with Gasteiger partial charge in [0, 0.05) is 12.6 Å². The van der Waals surface area contributed by atoms with Crippen LogP contribution in [-0.4, -0.2) is 38.5 Å². The highest BCUT2D eigenvalue weighted by molar-refractivity contribution is 5.84. The SMILES string of the molecule is Nc1nccc2c1ncn2[C@@H]1O[C@H](CO)C[C@@H]1F. The number of halogens is 1. The molecule has 3 heterocycles. The van der Waals surface area contributed by atoms with E-state index in [1.54, 1.807) is 16.8 Å². The molecule has 0 aromatic carbocycles. The average Bonchev–Trinajstić information content (AvgIpc) is 2.93. The van der Waals surface area contributed by atoms with E-state index in [2.05, 4.69) is 9.97 Å². The zero-order valence-corrected chi connectivity index (χ0v) is 9.53. The summed E-state index contributed by atoms with van der Waals surface area (Å²) in [6.45, 7) is -0.187. The fourth-order valence-corrected chi connectivity index (χ4v) is 2.25. The molecule has 96 valence electrons. The Labute approximate surface area is 102 Å². The zero-order valence-electron chi connectivity index (χ0n) is 9.53. The van der Waals surface area contributed by atoms with Crippen molar-refractivity contribution in [1.82, 2.24) is 14.5 Å². The number of hydrogen-bond acceptors (Lipinski definition) is 5. The van der Waals surface area contributed by atoms with Gasteiger partial charge in [-0.25, -0.2) is 14.4 Å². The number of imidazole rings is 1. The molecule has 0 unspecified atom stereocenters. The number of rotatable bonds is 2. The van der Waals surface area contributed by atoms with Crippen LogP contribution in [0.3, 0.4) is 0 Å². The van der Waals surface area contributed by atoms with Crippen LogP contribution in [0.4, 0.5) is 10.2 Å². The Bertz CT molecular complexity index is 573. The smallest absolute Gasteiger partial charge is 0.167 e. The molecule has 6 nitrogen and oxygen atoms in total. The molecule has 0 saturated carbocycles. The van der Waals surface area contributed by atoms with E-state index in [4.69, 9.17) is 15.6 Å². The second-order valence-electron chi connectivity index (χ2n) is 4.30. The van der Waals surface area contributed by atoms with Gasteiger partial charge in [-0.05, 0) is 6.07 Å². The van der Waals surface area contributed by atoms with E-state index in [0.29, 0.717) is 16.9 Å². The summed E-state index contributed by atoms with van der Waals surface area (Å²) < 4.78 is 20.9. The van der Waals surface area contributed by atoms with Crippen molar-refractivity contribution >= 4 is 16.9 Å². The van der Waals surface area contributed by atoms with Gasteiger partial charge in [-0.15, -0.1) is 0 Å². The summed E-state index contributed by atoms with van der Waals surface area (Å²) >= 11 is 0. The fraction of sp³-hybridized carbons (Fsp3) is 0.455. The van der Waals surface area contributed by atoms with Crippen molar-refractivity contribution in [3.05, 3.63) is 18.6 Å². The number of aromatic nitrogens is 3. The lowest BCUT2D eigenvalue weighted by molar-refractivity contribution is -0.0348. The molecule has 2 aromatic heterocycles. The quantitative estimate of drug-likeness (QED) is 0.818. The molecule has 0 bridgehead atoms. The molecule has 1 saturated heterocycles. The molecule has 3 rings (SSSR count). The molecule has 7 heteroatoms. The minimum Gasteiger partial charge on any atom is -0.394 e. The number of nitrogen functional groups attached to an aromatic ring is 1. The number of pyridine rings is 1. The number of ether oxygens (including phenoxy) is 1. The van der Waals surface area contributed by atoms with Gasteiger partial charge in [0.15, 0.2) is 12.0 Å². The van der Waals surface area contributed by atoms with E-state index in [9.17, 15) is 4.39 Å². The topological polar surface area (TPSA) is 86.2 Å². The normalized spacial score (nSPS) is 28.0. The Morgan fingerprint density at radius 2 is 2.39 bits per heavy atom. The van der Waals surface area contributed by atoms with Crippen molar-refractivity contribution in [3.8, 4) is 0 Å². The molecule has 1 fully saturated rings. The Hall–Kier alpha value is -1.73. The first-order chi connectivity index (χ1) is 8.70. The van der Waals surface area contributed by atoms with Crippen molar-refractivity contribution in [2.45, 2.75) is 24.9 Å². The van der Waals surface area contributed by atoms with Crippen LogP contribution in [0.1, 0.15) is 12.6 Å². The van der Waals surface area contributed by atoms with Crippen LogP contribution in [0, 0.1) is 0 Å². The lowest BCUT2D eigenvalue weighted by Gasteiger charge is -2.15. The van der Waals surface area contributed by atoms with Crippen LogP contribution in [0.25, 0.3) is 11.0 Å². The second-order valence-corrected chi connectivity index (χ2v) is 4.30. The monoisotopic (exact) mass is 252 g/mol. The van der Waals surface area contributed by atoms with Crippen LogP contribution in [0.15, 0.2) is 18.6 Å². The van der Waals surface area contributed by atoms with Crippen LogP contribution in [0.5, 0.6) is 0 Å². The van der Waals surface area contributed by atoms with Gasteiger partial charge in [0.2, 0.25) is 0 Å². The second kappa shape index (κ2) is 4.18. The van der Waals surface area contributed by atoms with Crippen molar-refractivity contribution < 1.29 is 14.2 Å². The molecule has 1 aliphatic rings. The number of fused-ring (bicyclic) bond motifs is 1. The first kappa shape index (κ1) is 11.4. The number of anilines is 1. The molecule has 18 heavy (non-hydrogen) atoms. The third-order valence-electron chi connectivity index (χ3n) is 3.13. The lowest BCUT2D eigenvalue weighted by atomic mass is 10.2. The maximum absolute atomic E-state index is 13.9. The lowest BCUT2D eigenvalue weighted by Crippen LogP contribution is -2.16. The van der Waals surface area contributed by atoms with E-state index < -0.39 is 18.5 Å². The zero-order chi connectivity index (χ0) is 12.7. The molecule has 0 radical (unpaired) electrons.